The smallest absolute Gasteiger partial charge is 0.221 e. The van der Waals surface area contributed by atoms with Gasteiger partial charge in [0.05, 0.1) is 0 Å². The van der Waals surface area contributed by atoms with E-state index in [1.54, 1.807) is 0 Å². The molecule has 2 N–H and O–H groups in total. The molecule has 0 aliphatic carbocycles. The van der Waals surface area contributed by atoms with E-state index in [4.69, 9.17) is 0 Å². The highest BCUT2D eigenvalue weighted by Gasteiger charge is 2.17. The first-order valence-electron chi connectivity index (χ1n) is 7.34. The van der Waals surface area contributed by atoms with Crippen LogP contribution in [0.15, 0.2) is 0 Å². The molecule has 1 fully saturated rings. The predicted octanol–water partition coefficient (Wildman–Crippen LogP) is 1.22. The molecule has 18 heavy (non-hydrogen) atoms. The summed E-state index contributed by atoms with van der Waals surface area (Å²) in [6.07, 6.45) is 3.02. The third-order valence-corrected chi connectivity index (χ3v) is 3.53. The van der Waals surface area contributed by atoms with Crippen molar-refractivity contribution >= 4 is 5.91 Å². The third kappa shape index (κ3) is 6.36. The largest absolute Gasteiger partial charge is 0.356 e. The van der Waals surface area contributed by atoms with E-state index in [9.17, 15) is 4.79 Å². The topological polar surface area (TPSA) is 44.4 Å². The van der Waals surface area contributed by atoms with Crippen molar-refractivity contribution in [3.8, 4) is 0 Å². The summed E-state index contributed by atoms with van der Waals surface area (Å²) in [5.74, 6) is 0.697. The van der Waals surface area contributed by atoms with Crippen LogP contribution >= 0.6 is 0 Å². The van der Waals surface area contributed by atoms with Crippen molar-refractivity contribution < 1.29 is 4.79 Å². The molecule has 0 aromatic heterocycles. The Morgan fingerprint density at radius 1 is 1.33 bits per heavy atom. The minimum atomic E-state index is 0.169. The van der Waals surface area contributed by atoms with Crippen molar-refractivity contribution in [3.63, 3.8) is 0 Å². The number of hydrogen-bond donors (Lipinski definition) is 2. The van der Waals surface area contributed by atoms with Crippen LogP contribution in [0, 0.1) is 5.92 Å². The van der Waals surface area contributed by atoms with Crippen molar-refractivity contribution in [1.82, 2.24) is 15.5 Å². The first kappa shape index (κ1) is 15.4. The van der Waals surface area contributed by atoms with Crippen LogP contribution < -0.4 is 10.6 Å². The summed E-state index contributed by atoms with van der Waals surface area (Å²) in [5, 5.41) is 6.45. The van der Waals surface area contributed by atoms with Crippen LogP contribution in [0.3, 0.4) is 0 Å². The van der Waals surface area contributed by atoms with Gasteiger partial charge in [-0.1, -0.05) is 20.8 Å². The quantitative estimate of drug-likeness (QED) is 0.719. The first-order chi connectivity index (χ1) is 8.61. The highest BCUT2D eigenvalue weighted by Crippen LogP contribution is 2.09. The maximum absolute atomic E-state index is 11.5. The molecular weight excluding hydrogens is 226 g/mol. The Kier molecular flexibility index (Phi) is 7.28. The van der Waals surface area contributed by atoms with Gasteiger partial charge in [0.25, 0.3) is 0 Å². The average Bonchev–Trinajstić information content (AvgIpc) is 2.37. The minimum absolute atomic E-state index is 0.169. The van der Waals surface area contributed by atoms with Gasteiger partial charge in [0.2, 0.25) is 5.91 Å². The third-order valence-electron chi connectivity index (χ3n) is 3.53. The van der Waals surface area contributed by atoms with Crippen molar-refractivity contribution in [1.29, 1.82) is 0 Å². The molecule has 4 heteroatoms. The maximum atomic E-state index is 11.5. The van der Waals surface area contributed by atoms with E-state index in [-0.39, 0.29) is 5.91 Å². The number of hydrogen-bond acceptors (Lipinski definition) is 3. The molecular formula is C14H29N3O. The van der Waals surface area contributed by atoms with Gasteiger partial charge in [-0.05, 0) is 38.4 Å². The standard InChI is InChI=1S/C14H29N3O/c1-4-17-9-6-13(7-10-17)15-8-5-14(18)16-11-12(2)3/h12-13,15H,4-11H2,1-3H3,(H,16,18). The second kappa shape index (κ2) is 8.48. The van der Waals surface area contributed by atoms with Crippen molar-refractivity contribution in [3.05, 3.63) is 0 Å². The van der Waals surface area contributed by atoms with Crippen molar-refractivity contribution in [2.75, 3.05) is 32.7 Å². The summed E-state index contributed by atoms with van der Waals surface area (Å²) in [6.45, 7) is 11.6. The van der Waals surface area contributed by atoms with E-state index in [0.29, 0.717) is 18.4 Å². The van der Waals surface area contributed by atoms with Gasteiger partial charge in [0.1, 0.15) is 0 Å². The lowest BCUT2D eigenvalue weighted by Crippen LogP contribution is -2.43. The summed E-state index contributed by atoms with van der Waals surface area (Å²) in [6, 6.07) is 0.602. The lowest BCUT2D eigenvalue weighted by atomic mass is 10.1. The molecule has 106 valence electrons. The number of amides is 1. The molecule has 0 aromatic rings. The van der Waals surface area contributed by atoms with Gasteiger partial charge in [-0.15, -0.1) is 0 Å². The number of likely N-dealkylation sites (tertiary alicyclic amines) is 1. The fraction of sp³-hybridized carbons (Fsp3) is 0.929. The number of nitrogens with zero attached hydrogens (tertiary/aromatic N) is 1. The Morgan fingerprint density at radius 3 is 2.56 bits per heavy atom. The lowest BCUT2D eigenvalue weighted by molar-refractivity contribution is -0.121. The maximum Gasteiger partial charge on any atom is 0.221 e. The second-order valence-corrected chi connectivity index (χ2v) is 5.61. The average molecular weight is 255 g/mol. The van der Waals surface area contributed by atoms with Crippen LogP contribution in [0.25, 0.3) is 0 Å². The van der Waals surface area contributed by atoms with E-state index in [2.05, 4.69) is 36.3 Å². The normalized spacial score (nSPS) is 18.2. The Balaban J connectivity index is 2.02. The van der Waals surface area contributed by atoms with Crippen molar-refractivity contribution in [2.45, 2.75) is 46.1 Å². The molecule has 1 rings (SSSR count). The van der Waals surface area contributed by atoms with Crippen LogP contribution in [0.4, 0.5) is 0 Å². The Labute approximate surface area is 111 Å². The minimum Gasteiger partial charge on any atom is -0.356 e. The van der Waals surface area contributed by atoms with Crippen LogP contribution in [-0.4, -0.2) is 49.6 Å². The predicted molar refractivity (Wildman–Crippen MR) is 75.6 cm³/mol. The van der Waals surface area contributed by atoms with Gasteiger partial charge in [0.15, 0.2) is 0 Å². The van der Waals surface area contributed by atoms with E-state index in [1.807, 2.05) is 0 Å². The lowest BCUT2D eigenvalue weighted by Gasteiger charge is -2.31. The summed E-state index contributed by atoms with van der Waals surface area (Å²) in [7, 11) is 0. The van der Waals surface area contributed by atoms with Crippen LogP contribution in [-0.2, 0) is 4.79 Å². The molecule has 0 saturated carbocycles. The molecule has 1 aliphatic heterocycles. The van der Waals surface area contributed by atoms with E-state index in [1.165, 1.54) is 25.9 Å². The fourth-order valence-corrected chi connectivity index (χ4v) is 2.25. The van der Waals surface area contributed by atoms with Gasteiger partial charge in [-0.2, -0.15) is 0 Å². The van der Waals surface area contributed by atoms with Gasteiger partial charge in [-0.3, -0.25) is 4.79 Å². The second-order valence-electron chi connectivity index (χ2n) is 5.61. The van der Waals surface area contributed by atoms with Gasteiger partial charge in [-0.25, -0.2) is 0 Å². The number of rotatable bonds is 7. The first-order valence-corrected chi connectivity index (χ1v) is 7.34. The van der Waals surface area contributed by atoms with Gasteiger partial charge in [0, 0.05) is 25.6 Å². The monoisotopic (exact) mass is 255 g/mol. The molecule has 1 aliphatic rings. The van der Waals surface area contributed by atoms with E-state index >= 15 is 0 Å². The Hall–Kier alpha value is -0.610. The molecule has 0 bridgehead atoms. The molecule has 0 spiro atoms. The zero-order valence-electron chi connectivity index (χ0n) is 12.2. The summed E-state index contributed by atoms with van der Waals surface area (Å²) in [5.41, 5.74) is 0. The van der Waals surface area contributed by atoms with Crippen LogP contribution in [0.2, 0.25) is 0 Å². The molecule has 1 amide bonds. The van der Waals surface area contributed by atoms with Crippen LogP contribution in [0.1, 0.15) is 40.0 Å². The molecule has 4 nitrogen and oxygen atoms in total. The van der Waals surface area contributed by atoms with Crippen LogP contribution in [0.5, 0.6) is 0 Å². The zero-order chi connectivity index (χ0) is 13.4. The highest BCUT2D eigenvalue weighted by atomic mass is 16.1. The molecule has 0 unspecified atom stereocenters. The Bertz CT molecular complexity index is 235. The highest BCUT2D eigenvalue weighted by molar-refractivity contribution is 5.76. The SMILES string of the molecule is CCN1CCC(NCCC(=O)NCC(C)C)CC1. The van der Waals surface area contributed by atoms with E-state index in [0.717, 1.165) is 19.6 Å². The summed E-state index contributed by atoms with van der Waals surface area (Å²) in [4.78, 5) is 14.0. The zero-order valence-corrected chi connectivity index (χ0v) is 12.2. The molecule has 0 radical (unpaired) electrons. The number of carbonyl (C=O) groups excluding carboxylic acids is 1. The molecule has 0 aromatic carbocycles. The summed E-state index contributed by atoms with van der Waals surface area (Å²) < 4.78 is 0. The molecule has 1 heterocycles. The fourth-order valence-electron chi connectivity index (χ4n) is 2.25. The van der Waals surface area contributed by atoms with E-state index < -0.39 is 0 Å². The number of piperidine rings is 1. The molecule has 1 saturated heterocycles. The molecule has 0 atom stereocenters. The summed E-state index contributed by atoms with van der Waals surface area (Å²) >= 11 is 0. The Morgan fingerprint density at radius 2 is 2.00 bits per heavy atom. The number of carbonyl (C=O) groups is 1. The number of nitrogens with one attached hydrogen (secondary N) is 2. The van der Waals surface area contributed by atoms with Gasteiger partial charge < -0.3 is 15.5 Å². The van der Waals surface area contributed by atoms with Gasteiger partial charge >= 0.3 is 0 Å². The van der Waals surface area contributed by atoms with Crippen molar-refractivity contribution in [2.24, 2.45) is 5.92 Å².